The topological polar surface area (TPSA) is 89.8 Å². The molecule has 0 spiro atoms. The van der Waals surface area contributed by atoms with Gasteiger partial charge in [0.2, 0.25) is 0 Å². The molecule has 0 aromatic carbocycles. The Morgan fingerprint density at radius 1 is 1.73 bits per heavy atom. The molecular formula is C8H12N4O2S. The molecule has 0 saturated carbocycles. The predicted octanol–water partition coefficient (Wildman–Crippen LogP) is 0.332. The standard InChI is InChI=1S/C8H12N4O2S/c1-7(3-5-9)12(2)15(13,14)8-4-6-10-11-8/h4,6-7H,3H2,1-2H3,(H,10,11). The van der Waals surface area contributed by atoms with Gasteiger partial charge in [-0.1, -0.05) is 0 Å². The van der Waals surface area contributed by atoms with Gasteiger partial charge in [0.05, 0.1) is 18.7 Å². The van der Waals surface area contributed by atoms with Crippen LogP contribution < -0.4 is 0 Å². The van der Waals surface area contributed by atoms with Crippen molar-refractivity contribution >= 4 is 10.0 Å². The Bertz CT molecular complexity index is 445. The predicted molar refractivity (Wildman–Crippen MR) is 53.2 cm³/mol. The fraction of sp³-hybridized carbons (Fsp3) is 0.500. The van der Waals surface area contributed by atoms with Crippen molar-refractivity contribution < 1.29 is 8.42 Å². The normalized spacial score (nSPS) is 13.7. The molecule has 0 aliphatic heterocycles. The van der Waals surface area contributed by atoms with Crippen LogP contribution in [0.4, 0.5) is 0 Å². The number of nitrogens with zero attached hydrogens (tertiary/aromatic N) is 3. The van der Waals surface area contributed by atoms with E-state index in [-0.39, 0.29) is 17.5 Å². The highest BCUT2D eigenvalue weighted by Gasteiger charge is 2.26. The second-order valence-corrected chi connectivity index (χ2v) is 5.12. The Hall–Kier alpha value is -1.39. The Morgan fingerprint density at radius 3 is 2.87 bits per heavy atom. The molecular weight excluding hydrogens is 216 g/mol. The van der Waals surface area contributed by atoms with Gasteiger partial charge in [-0.15, -0.1) is 0 Å². The van der Waals surface area contributed by atoms with Crippen LogP contribution in [-0.4, -0.2) is 36.0 Å². The van der Waals surface area contributed by atoms with Crippen LogP contribution >= 0.6 is 0 Å². The lowest BCUT2D eigenvalue weighted by Crippen LogP contribution is -2.35. The fourth-order valence-electron chi connectivity index (χ4n) is 1.04. The monoisotopic (exact) mass is 228 g/mol. The van der Waals surface area contributed by atoms with Crippen molar-refractivity contribution in [3.8, 4) is 6.07 Å². The van der Waals surface area contributed by atoms with Crippen molar-refractivity contribution in [1.29, 1.82) is 5.26 Å². The molecule has 1 aromatic rings. The van der Waals surface area contributed by atoms with Gasteiger partial charge in [-0.25, -0.2) is 8.42 Å². The number of hydrogen-bond acceptors (Lipinski definition) is 4. The van der Waals surface area contributed by atoms with Crippen molar-refractivity contribution in [2.24, 2.45) is 0 Å². The maximum absolute atomic E-state index is 11.9. The summed E-state index contributed by atoms with van der Waals surface area (Å²) in [5.41, 5.74) is 0. The number of hydrogen-bond donors (Lipinski definition) is 1. The molecule has 1 heterocycles. The zero-order valence-corrected chi connectivity index (χ0v) is 9.32. The molecule has 1 aromatic heterocycles. The first kappa shape index (κ1) is 11.7. The van der Waals surface area contributed by atoms with Crippen LogP contribution in [0.2, 0.25) is 0 Å². The minimum absolute atomic E-state index is 0.0368. The third kappa shape index (κ3) is 2.34. The summed E-state index contributed by atoms with van der Waals surface area (Å²) in [4.78, 5) is 0. The summed E-state index contributed by atoms with van der Waals surface area (Å²) in [6, 6.07) is 2.96. The second-order valence-electron chi connectivity index (χ2n) is 3.15. The first-order chi connectivity index (χ1) is 7.00. The summed E-state index contributed by atoms with van der Waals surface area (Å²) in [6.45, 7) is 1.68. The van der Waals surface area contributed by atoms with Gasteiger partial charge in [-0.05, 0) is 13.0 Å². The number of sulfonamides is 1. The lowest BCUT2D eigenvalue weighted by Gasteiger charge is -2.21. The number of aromatic nitrogens is 2. The third-order valence-electron chi connectivity index (χ3n) is 2.14. The average molecular weight is 228 g/mol. The SMILES string of the molecule is CC(CC#N)N(C)S(=O)(=O)c1ccn[nH]1. The van der Waals surface area contributed by atoms with Gasteiger partial charge in [0, 0.05) is 13.1 Å². The summed E-state index contributed by atoms with van der Waals surface area (Å²) in [5, 5.41) is 14.5. The van der Waals surface area contributed by atoms with Crippen LogP contribution in [0.25, 0.3) is 0 Å². The van der Waals surface area contributed by atoms with Crippen molar-refractivity contribution in [1.82, 2.24) is 14.5 Å². The van der Waals surface area contributed by atoms with Gasteiger partial charge in [0.1, 0.15) is 0 Å². The molecule has 0 aliphatic rings. The number of rotatable bonds is 4. The van der Waals surface area contributed by atoms with Gasteiger partial charge in [-0.2, -0.15) is 14.7 Å². The second kappa shape index (κ2) is 4.42. The molecule has 0 bridgehead atoms. The van der Waals surface area contributed by atoms with Crippen molar-refractivity contribution in [3.63, 3.8) is 0 Å². The van der Waals surface area contributed by atoms with E-state index in [4.69, 9.17) is 5.26 Å². The van der Waals surface area contributed by atoms with E-state index in [9.17, 15) is 8.42 Å². The molecule has 0 aliphatic carbocycles. The Kier molecular flexibility index (Phi) is 3.44. The maximum atomic E-state index is 11.9. The minimum atomic E-state index is -3.55. The maximum Gasteiger partial charge on any atom is 0.259 e. The molecule has 0 saturated heterocycles. The van der Waals surface area contributed by atoms with E-state index in [2.05, 4.69) is 10.2 Å². The average Bonchev–Trinajstić information content (AvgIpc) is 2.70. The highest BCUT2D eigenvalue weighted by atomic mass is 32.2. The fourth-order valence-corrected chi connectivity index (χ4v) is 2.30. The largest absolute Gasteiger partial charge is 0.266 e. The van der Waals surface area contributed by atoms with Crippen LogP contribution in [0.3, 0.4) is 0 Å². The summed E-state index contributed by atoms with van der Waals surface area (Å²) in [6.07, 6.45) is 1.53. The van der Waals surface area contributed by atoms with Crippen molar-refractivity contribution in [3.05, 3.63) is 12.3 Å². The quantitative estimate of drug-likeness (QED) is 0.804. The Morgan fingerprint density at radius 2 is 2.40 bits per heavy atom. The Balaban J connectivity index is 2.94. The van der Waals surface area contributed by atoms with Gasteiger partial charge in [-0.3, -0.25) is 5.10 Å². The minimum Gasteiger partial charge on any atom is -0.266 e. The molecule has 6 nitrogen and oxygen atoms in total. The zero-order valence-electron chi connectivity index (χ0n) is 8.51. The first-order valence-corrected chi connectivity index (χ1v) is 5.78. The van der Waals surface area contributed by atoms with Crippen molar-refractivity contribution in [2.45, 2.75) is 24.4 Å². The van der Waals surface area contributed by atoms with E-state index < -0.39 is 10.0 Å². The molecule has 15 heavy (non-hydrogen) atoms. The van der Waals surface area contributed by atoms with Crippen molar-refractivity contribution in [2.75, 3.05) is 7.05 Å². The van der Waals surface area contributed by atoms with Crippen LogP contribution in [0.15, 0.2) is 17.3 Å². The number of nitrogens with one attached hydrogen (secondary N) is 1. The van der Waals surface area contributed by atoms with Crippen LogP contribution in [0.1, 0.15) is 13.3 Å². The molecule has 82 valence electrons. The Labute approximate surface area is 88.6 Å². The van der Waals surface area contributed by atoms with Crippen LogP contribution in [0, 0.1) is 11.3 Å². The van der Waals surface area contributed by atoms with E-state index >= 15 is 0 Å². The van der Waals surface area contributed by atoms with Crippen LogP contribution in [-0.2, 0) is 10.0 Å². The summed E-state index contributed by atoms with van der Waals surface area (Å²) in [7, 11) is -2.11. The molecule has 0 radical (unpaired) electrons. The highest BCUT2D eigenvalue weighted by molar-refractivity contribution is 7.89. The molecule has 1 N–H and O–H groups in total. The lowest BCUT2D eigenvalue weighted by molar-refractivity contribution is 0.391. The van der Waals surface area contributed by atoms with Gasteiger partial charge < -0.3 is 0 Å². The number of nitriles is 1. The summed E-state index contributed by atoms with van der Waals surface area (Å²) in [5.74, 6) is 0. The number of aromatic amines is 1. The molecule has 0 amide bonds. The van der Waals surface area contributed by atoms with E-state index in [0.29, 0.717) is 0 Å². The van der Waals surface area contributed by atoms with Gasteiger partial charge in [0.25, 0.3) is 10.0 Å². The van der Waals surface area contributed by atoms with Crippen LogP contribution in [0.5, 0.6) is 0 Å². The molecule has 1 unspecified atom stereocenters. The number of H-pyrrole nitrogens is 1. The zero-order chi connectivity index (χ0) is 11.5. The molecule has 1 rings (SSSR count). The van der Waals surface area contributed by atoms with E-state index in [1.807, 2.05) is 6.07 Å². The summed E-state index contributed by atoms with van der Waals surface area (Å²) < 4.78 is 24.9. The van der Waals surface area contributed by atoms with E-state index in [0.717, 1.165) is 4.31 Å². The molecule has 0 fully saturated rings. The first-order valence-electron chi connectivity index (χ1n) is 4.34. The van der Waals surface area contributed by atoms with E-state index in [1.54, 1.807) is 6.92 Å². The summed E-state index contributed by atoms with van der Waals surface area (Å²) >= 11 is 0. The van der Waals surface area contributed by atoms with E-state index in [1.165, 1.54) is 19.3 Å². The van der Waals surface area contributed by atoms with Gasteiger partial charge >= 0.3 is 0 Å². The highest BCUT2D eigenvalue weighted by Crippen LogP contribution is 2.14. The lowest BCUT2D eigenvalue weighted by atomic mass is 10.3. The molecule has 1 atom stereocenters. The molecule has 7 heteroatoms. The smallest absolute Gasteiger partial charge is 0.259 e. The van der Waals surface area contributed by atoms with Gasteiger partial charge in [0.15, 0.2) is 5.03 Å². The third-order valence-corrected chi connectivity index (χ3v) is 4.04.